The third-order valence-electron chi connectivity index (χ3n) is 7.35. The van der Waals surface area contributed by atoms with Crippen molar-refractivity contribution >= 4 is 30.9 Å². The first-order valence-electron chi connectivity index (χ1n) is 12.4. The van der Waals surface area contributed by atoms with Crippen molar-refractivity contribution in [2.45, 2.75) is 100 Å². The number of rotatable bonds is 13. The Balaban J connectivity index is 2.00. The normalized spacial score (nSPS) is 23.3. The van der Waals surface area contributed by atoms with Gasteiger partial charge in [-0.05, 0) is 55.6 Å². The average Bonchev–Trinajstić information content (AvgIpc) is 2.77. The standard InChI is InChI=1S/C26H46O5S2Si/c1-25(2,3)34(6,7)31-22-15-11-18-30-23(22)19-24(27)26(32-4,33(5)28)16-12-17-29-20-21-13-9-8-10-14-21/h8-10,13-14,22-24,27H,11-12,15-20H2,1-7H3/t22-,23+,24?,26?,33?/m0/s1. The molecule has 1 saturated heterocycles. The summed E-state index contributed by atoms with van der Waals surface area (Å²) < 4.78 is 30.9. The largest absolute Gasteiger partial charge is 0.411 e. The molecule has 3 unspecified atom stereocenters. The number of aliphatic hydroxyl groups is 1. The molecule has 196 valence electrons. The summed E-state index contributed by atoms with van der Waals surface area (Å²) in [4.78, 5) is 0. The molecule has 0 bridgehead atoms. The SMILES string of the molecule is CSC(CCCOCc1ccccc1)(C(O)C[C@H]1OCCC[C@@H]1O[Si](C)(C)C(C)(C)C)S(C)=O. The van der Waals surface area contributed by atoms with Gasteiger partial charge >= 0.3 is 0 Å². The van der Waals surface area contributed by atoms with Crippen LogP contribution in [0.2, 0.25) is 18.1 Å². The molecule has 1 aromatic rings. The average molecular weight is 531 g/mol. The highest BCUT2D eigenvalue weighted by molar-refractivity contribution is 8.12. The minimum absolute atomic E-state index is 0.0247. The zero-order valence-electron chi connectivity index (χ0n) is 22.2. The van der Waals surface area contributed by atoms with Gasteiger partial charge in [-0.25, -0.2) is 0 Å². The molecule has 1 aliphatic heterocycles. The van der Waals surface area contributed by atoms with Gasteiger partial charge in [-0.1, -0.05) is 51.1 Å². The summed E-state index contributed by atoms with van der Waals surface area (Å²) in [6, 6.07) is 10.1. The lowest BCUT2D eigenvalue weighted by molar-refractivity contribution is -0.0868. The summed E-state index contributed by atoms with van der Waals surface area (Å²) in [6.07, 6.45) is 6.40. The first-order valence-corrected chi connectivity index (χ1v) is 18.1. The van der Waals surface area contributed by atoms with Gasteiger partial charge < -0.3 is 19.0 Å². The molecule has 34 heavy (non-hydrogen) atoms. The van der Waals surface area contributed by atoms with E-state index in [0.717, 1.165) is 24.8 Å². The van der Waals surface area contributed by atoms with Crippen LogP contribution in [0.5, 0.6) is 0 Å². The van der Waals surface area contributed by atoms with E-state index in [2.05, 4.69) is 33.9 Å². The summed E-state index contributed by atoms with van der Waals surface area (Å²) in [6.45, 7) is 13.1. The van der Waals surface area contributed by atoms with Crippen LogP contribution in [0.25, 0.3) is 0 Å². The molecule has 1 heterocycles. The zero-order valence-corrected chi connectivity index (χ0v) is 24.8. The highest BCUT2D eigenvalue weighted by Crippen LogP contribution is 2.41. The Bertz CT molecular complexity index is 755. The second-order valence-electron chi connectivity index (χ2n) is 10.8. The molecule has 5 nitrogen and oxygen atoms in total. The van der Waals surface area contributed by atoms with Gasteiger partial charge in [-0.2, -0.15) is 0 Å². The van der Waals surface area contributed by atoms with Gasteiger partial charge in [0.2, 0.25) is 0 Å². The predicted molar refractivity (Wildman–Crippen MR) is 147 cm³/mol. The Morgan fingerprint density at radius 1 is 1.26 bits per heavy atom. The molecule has 2 rings (SSSR count). The molecule has 0 saturated carbocycles. The fourth-order valence-electron chi connectivity index (χ4n) is 4.16. The Morgan fingerprint density at radius 2 is 1.94 bits per heavy atom. The Hall–Kier alpha value is -0.223. The molecular formula is C26H46O5S2Si. The number of ether oxygens (including phenoxy) is 2. The lowest BCUT2D eigenvalue weighted by atomic mass is 9.97. The van der Waals surface area contributed by atoms with Crippen LogP contribution in [0.3, 0.4) is 0 Å². The summed E-state index contributed by atoms with van der Waals surface area (Å²) in [5.41, 5.74) is 1.14. The monoisotopic (exact) mass is 530 g/mol. The second kappa shape index (κ2) is 13.4. The first-order chi connectivity index (χ1) is 15.9. The molecule has 0 aromatic heterocycles. The van der Waals surface area contributed by atoms with Crippen molar-refractivity contribution in [3.05, 3.63) is 35.9 Å². The van der Waals surface area contributed by atoms with E-state index in [9.17, 15) is 9.32 Å². The molecule has 1 fully saturated rings. The number of thioether (sulfide) groups is 1. The van der Waals surface area contributed by atoms with Crippen molar-refractivity contribution in [1.29, 1.82) is 0 Å². The van der Waals surface area contributed by atoms with Crippen molar-refractivity contribution < 1.29 is 23.2 Å². The van der Waals surface area contributed by atoms with Crippen LogP contribution in [-0.2, 0) is 31.3 Å². The van der Waals surface area contributed by atoms with E-state index in [0.29, 0.717) is 32.7 Å². The summed E-state index contributed by atoms with van der Waals surface area (Å²) in [7, 11) is -3.18. The van der Waals surface area contributed by atoms with Gasteiger partial charge in [0.1, 0.15) is 4.08 Å². The molecule has 1 aliphatic rings. The van der Waals surface area contributed by atoms with E-state index in [1.54, 1.807) is 6.26 Å². The lowest BCUT2D eigenvalue weighted by Gasteiger charge is -2.44. The van der Waals surface area contributed by atoms with Gasteiger partial charge in [-0.3, -0.25) is 4.21 Å². The predicted octanol–water partition coefficient (Wildman–Crippen LogP) is 5.74. The van der Waals surface area contributed by atoms with Crippen molar-refractivity contribution in [2.24, 2.45) is 0 Å². The Kier molecular flexibility index (Phi) is 11.8. The number of aliphatic hydroxyl groups excluding tert-OH is 1. The van der Waals surface area contributed by atoms with Crippen molar-refractivity contribution in [1.82, 2.24) is 0 Å². The fourth-order valence-corrected chi connectivity index (χ4v) is 8.11. The summed E-state index contributed by atoms with van der Waals surface area (Å²) >= 11 is 1.50. The number of benzene rings is 1. The summed E-state index contributed by atoms with van der Waals surface area (Å²) in [5, 5.41) is 11.5. The number of hydrogen-bond acceptors (Lipinski definition) is 6. The summed E-state index contributed by atoms with van der Waals surface area (Å²) in [5.74, 6) is 0. The van der Waals surface area contributed by atoms with Crippen molar-refractivity contribution in [3.63, 3.8) is 0 Å². The first kappa shape index (κ1) is 30.0. The molecule has 1 N–H and O–H groups in total. The molecular weight excluding hydrogens is 485 g/mol. The van der Waals surface area contributed by atoms with Gasteiger partial charge in [-0.15, -0.1) is 11.8 Å². The zero-order chi connectivity index (χ0) is 25.4. The molecule has 0 spiro atoms. The van der Waals surface area contributed by atoms with E-state index in [1.807, 2.05) is 36.6 Å². The smallest absolute Gasteiger partial charge is 0.192 e. The van der Waals surface area contributed by atoms with Crippen molar-refractivity contribution in [2.75, 3.05) is 25.7 Å². The van der Waals surface area contributed by atoms with E-state index in [-0.39, 0.29) is 17.2 Å². The topological polar surface area (TPSA) is 65.0 Å². The lowest BCUT2D eigenvalue weighted by Crippen LogP contribution is -2.52. The maximum atomic E-state index is 12.9. The Labute approximate surface area is 215 Å². The second-order valence-corrected chi connectivity index (χ2v) is 18.6. The molecule has 5 atom stereocenters. The van der Waals surface area contributed by atoms with Gasteiger partial charge in [0.15, 0.2) is 8.32 Å². The van der Waals surface area contributed by atoms with Gasteiger partial charge in [0.05, 0.1) is 24.9 Å². The van der Waals surface area contributed by atoms with E-state index in [4.69, 9.17) is 13.9 Å². The van der Waals surface area contributed by atoms with Crippen LogP contribution in [0.1, 0.15) is 58.4 Å². The Morgan fingerprint density at radius 3 is 2.53 bits per heavy atom. The molecule has 0 radical (unpaired) electrons. The molecule has 0 amide bonds. The fraction of sp³-hybridized carbons (Fsp3) is 0.769. The van der Waals surface area contributed by atoms with Crippen LogP contribution in [-0.4, -0.2) is 65.7 Å². The maximum Gasteiger partial charge on any atom is 0.192 e. The number of hydrogen-bond donors (Lipinski definition) is 1. The van der Waals surface area contributed by atoms with E-state index < -0.39 is 29.3 Å². The van der Waals surface area contributed by atoms with Gasteiger partial charge in [0, 0.05) is 36.7 Å². The highest BCUT2D eigenvalue weighted by Gasteiger charge is 2.46. The molecule has 1 aromatic carbocycles. The minimum Gasteiger partial charge on any atom is -0.411 e. The van der Waals surface area contributed by atoms with Crippen LogP contribution in [0, 0.1) is 0 Å². The van der Waals surface area contributed by atoms with Gasteiger partial charge in [0.25, 0.3) is 0 Å². The van der Waals surface area contributed by atoms with Crippen LogP contribution in [0.4, 0.5) is 0 Å². The quantitative estimate of drug-likeness (QED) is 0.259. The van der Waals surface area contributed by atoms with Crippen LogP contribution < -0.4 is 0 Å². The maximum absolute atomic E-state index is 12.9. The van der Waals surface area contributed by atoms with Crippen LogP contribution in [0.15, 0.2) is 30.3 Å². The molecule has 0 aliphatic carbocycles. The highest BCUT2D eigenvalue weighted by atomic mass is 32.2. The van der Waals surface area contributed by atoms with Crippen molar-refractivity contribution in [3.8, 4) is 0 Å². The third-order valence-corrected chi connectivity index (χ3v) is 15.7. The van der Waals surface area contributed by atoms with E-state index >= 15 is 0 Å². The van der Waals surface area contributed by atoms with E-state index in [1.165, 1.54) is 11.8 Å². The molecule has 8 heteroatoms. The van der Waals surface area contributed by atoms with Crippen LogP contribution >= 0.6 is 11.8 Å². The minimum atomic E-state index is -1.96. The third kappa shape index (κ3) is 8.15.